The van der Waals surface area contributed by atoms with E-state index in [4.69, 9.17) is 16.4 Å². The van der Waals surface area contributed by atoms with Crippen LogP contribution in [-0.4, -0.2) is 0 Å². The maximum absolute atomic E-state index is 9.03. The molecule has 166 valence electrons. The van der Waals surface area contributed by atoms with Gasteiger partial charge in [0.15, 0.2) is 0 Å². The zero-order chi connectivity index (χ0) is 33.9. The predicted octanol–water partition coefficient (Wildman–Crippen LogP) is 9.63. The molecule has 0 unspecified atom stereocenters. The highest BCUT2D eigenvalue weighted by molar-refractivity contribution is 6.11. The standard InChI is InChI=1S/C34H25N/c1-3-12-29(13-4-1)35(30-14-5-2-6-15-30)31-23-20-26(21-24-31)19-22-28-25-27-11-7-8-16-32(27)34-18-10-9-17-33(28)34/h1-25H/b22-19+/i1D,2D,3D,4D,5D,6D,12D,13D,14D,15D,19D,22D. The SMILES string of the molecule is [2H]/C(=C(/[2H])c1cc2ccccc2c2ccccc12)c1ccc(N(c2c([2H])c([2H])c([2H])c([2H])c2[2H])c2c([2H])c([2H])c([2H])c([2H])c2[2H])cc1. The molecule has 1 heteroatoms. The lowest BCUT2D eigenvalue weighted by Crippen LogP contribution is -2.09. The highest BCUT2D eigenvalue weighted by Crippen LogP contribution is 2.34. The summed E-state index contributed by atoms with van der Waals surface area (Å²) in [4.78, 5) is 1.05. The van der Waals surface area contributed by atoms with Crippen molar-refractivity contribution < 1.29 is 16.4 Å². The van der Waals surface area contributed by atoms with Crippen LogP contribution in [0.1, 0.15) is 27.6 Å². The topological polar surface area (TPSA) is 3.24 Å². The van der Waals surface area contributed by atoms with Crippen molar-refractivity contribution in [2.75, 3.05) is 4.90 Å². The van der Waals surface area contributed by atoms with E-state index in [-0.39, 0.29) is 17.8 Å². The molecule has 1 nitrogen and oxygen atoms in total. The van der Waals surface area contributed by atoms with Crippen molar-refractivity contribution in [3.05, 3.63) is 150 Å². The Kier molecular flexibility index (Phi) is 3.11. The second-order valence-corrected chi connectivity index (χ2v) is 7.77. The quantitative estimate of drug-likeness (QED) is 0.183. The van der Waals surface area contributed by atoms with Gasteiger partial charge in [0.05, 0.1) is 16.4 Å². The lowest BCUT2D eigenvalue weighted by atomic mass is 9.96. The van der Waals surface area contributed by atoms with Gasteiger partial charge in [-0.2, -0.15) is 0 Å². The number of anilines is 3. The van der Waals surface area contributed by atoms with Gasteiger partial charge in [0.2, 0.25) is 0 Å². The summed E-state index contributed by atoms with van der Waals surface area (Å²) >= 11 is 0. The normalized spacial score (nSPS) is 16.7. The van der Waals surface area contributed by atoms with E-state index < -0.39 is 71.8 Å². The maximum atomic E-state index is 9.03. The number of nitrogens with zero attached hydrogens (tertiary/aromatic N) is 1. The van der Waals surface area contributed by atoms with Crippen molar-refractivity contribution in [2.45, 2.75) is 0 Å². The summed E-state index contributed by atoms with van der Waals surface area (Å²) in [7, 11) is 0. The molecular formula is C34H25N. The Morgan fingerprint density at radius 2 is 1.11 bits per heavy atom. The minimum atomic E-state index is -0.659. The lowest BCUT2D eigenvalue weighted by molar-refractivity contribution is 1.28. The first-order valence-corrected chi connectivity index (χ1v) is 11.0. The van der Waals surface area contributed by atoms with Crippen molar-refractivity contribution in [3.8, 4) is 0 Å². The Bertz CT molecular complexity index is 2150. The lowest BCUT2D eigenvalue weighted by Gasteiger charge is -2.25. The van der Waals surface area contributed by atoms with Gasteiger partial charge in [-0.1, -0.05) is 109 Å². The van der Waals surface area contributed by atoms with E-state index in [1.165, 1.54) is 24.3 Å². The van der Waals surface area contributed by atoms with Crippen LogP contribution in [0.4, 0.5) is 17.1 Å². The fourth-order valence-corrected chi connectivity index (χ4v) is 4.07. The summed E-state index contributed by atoms with van der Waals surface area (Å²) in [6.07, 6.45) is 0. The van der Waals surface area contributed by atoms with Gasteiger partial charge in [0.25, 0.3) is 0 Å². The molecule has 0 N–H and O–H groups in total. The summed E-state index contributed by atoms with van der Waals surface area (Å²) in [5.41, 5.74) is 0.188. The highest BCUT2D eigenvalue weighted by Gasteiger charge is 2.11. The maximum Gasteiger partial charge on any atom is 0.0645 e. The first-order valence-electron chi connectivity index (χ1n) is 17.0. The highest BCUT2D eigenvalue weighted by atomic mass is 15.1. The average molecular weight is 460 g/mol. The zero-order valence-electron chi connectivity index (χ0n) is 30.5. The molecule has 0 fully saturated rings. The van der Waals surface area contributed by atoms with Crippen LogP contribution in [0.25, 0.3) is 33.6 Å². The molecule has 0 heterocycles. The third kappa shape index (κ3) is 4.20. The first kappa shape index (κ1) is 11.7. The van der Waals surface area contributed by atoms with Crippen molar-refractivity contribution in [1.29, 1.82) is 0 Å². The number of hydrogen-bond donors (Lipinski definition) is 0. The largest absolute Gasteiger partial charge is 0.311 e. The molecule has 0 saturated carbocycles. The number of rotatable bonds is 5. The van der Waals surface area contributed by atoms with Crippen molar-refractivity contribution >= 4 is 50.7 Å². The Morgan fingerprint density at radius 1 is 0.543 bits per heavy atom. The Labute approximate surface area is 223 Å². The third-order valence-corrected chi connectivity index (χ3v) is 5.66. The summed E-state index contributed by atoms with van der Waals surface area (Å²) < 4.78 is 101. The molecule has 0 bridgehead atoms. The Morgan fingerprint density at radius 3 is 1.77 bits per heavy atom. The molecule has 0 saturated heterocycles. The monoisotopic (exact) mass is 459 g/mol. The molecule has 0 aliphatic heterocycles. The minimum Gasteiger partial charge on any atom is -0.311 e. The van der Waals surface area contributed by atoms with Crippen LogP contribution in [0.5, 0.6) is 0 Å². The van der Waals surface area contributed by atoms with Gasteiger partial charge in [-0.05, 0) is 75.0 Å². The van der Waals surface area contributed by atoms with Crippen molar-refractivity contribution in [3.63, 3.8) is 0 Å². The third-order valence-electron chi connectivity index (χ3n) is 5.66. The number of hydrogen-bond acceptors (Lipinski definition) is 1. The van der Waals surface area contributed by atoms with Crippen LogP contribution < -0.4 is 4.90 Å². The zero-order valence-corrected chi connectivity index (χ0v) is 18.5. The predicted molar refractivity (Wildman–Crippen MR) is 152 cm³/mol. The van der Waals surface area contributed by atoms with Gasteiger partial charge in [-0.25, -0.2) is 0 Å². The van der Waals surface area contributed by atoms with Crippen molar-refractivity contribution in [1.82, 2.24) is 0 Å². The molecule has 0 aliphatic rings. The van der Waals surface area contributed by atoms with E-state index in [2.05, 4.69) is 0 Å². The van der Waals surface area contributed by atoms with Gasteiger partial charge in [-0.3, -0.25) is 0 Å². The number of para-hydroxylation sites is 2. The van der Waals surface area contributed by atoms with Gasteiger partial charge in [0, 0.05) is 17.1 Å². The fraction of sp³-hybridized carbons (Fsp3) is 0. The molecule has 0 aromatic heterocycles. The average Bonchev–Trinajstić information content (AvgIpc) is 3.10. The van der Waals surface area contributed by atoms with E-state index in [0.717, 1.165) is 26.4 Å². The van der Waals surface area contributed by atoms with E-state index in [1.807, 2.05) is 54.6 Å². The summed E-state index contributed by atoms with van der Waals surface area (Å²) in [6, 6.07) is 16.7. The number of fused-ring (bicyclic) bond motifs is 3. The van der Waals surface area contributed by atoms with E-state index in [1.54, 1.807) is 0 Å². The summed E-state index contributed by atoms with van der Waals surface area (Å²) in [5.74, 6) is 0. The Hall–Kier alpha value is -4.62. The van der Waals surface area contributed by atoms with E-state index in [0.29, 0.717) is 11.1 Å². The van der Waals surface area contributed by atoms with Gasteiger partial charge >= 0.3 is 0 Å². The van der Waals surface area contributed by atoms with Gasteiger partial charge < -0.3 is 4.90 Å². The van der Waals surface area contributed by atoms with Crippen LogP contribution in [0, 0.1) is 0 Å². The molecule has 0 spiro atoms. The van der Waals surface area contributed by atoms with Gasteiger partial charge in [0.1, 0.15) is 0 Å². The second-order valence-electron chi connectivity index (χ2n) is 7.77. The second kappa shape index (κ2) is 9.32. The van der Waals surface area contributed by atoms with Crippen molar-refractivity contribution in [2.24, 2.45) is 0 Å². The first-order chi connectivity index (χ1) is 22.3. The van der Waals surface area contributed by atoms with Crippen LogP contribution in [-0.2, 0) is 0 Å². The smallest absolute Gasteiger partial charge is 0.0645 e. The molecule has 0 aliphatic carbocycles. The fourth-order valence-electron chi connectivity index (χ4n) is 4.07. The number of benzene rings is 6. The van der Waals surface area contributed by atoms with E-state index in [9.17, 15) is 0 Å². The molecule has 6 aromatic carbocycles. The molecule has 0 amide bonds. The van der Waals surface area contributed by atoms with Crippen LogP contribution in [0.2, 0.25) is 0 Å². The van der Waals surface area contributed by atoms with Crippen LogP contribution in [0.3, 0.4) is 0 Å². The molecule has 35 heavy (non-hydrogen) atoms. The van der Waals surface area contributed by atoms with Crippen LogP contribution >= 0.6 is 0 Å². The summed E-state index contributed by atoms with van der Waals surface area (Å²) in [5, 5.41) is 3.70. The Balaban J connectivity index is 1.55. The minimum absolute atomic E-state index is 0.0344. The molecule has 0 atom stereocenters. The molecule has 0 radical (unpaired) electrons. The molecular weight excluding hydrogens is 422 g/mol. The summed E-state index contributed by atoms with van der Waals surface area (Å²) in [6.45, 7) is 0. The van der Waals surface area contributed by atoms with E-state index >= 15 is 0 Å². The molecule has 6 rings (SSSR count). The van der Waals surface area contributed by atoms with Gasteiger partial charge in [-0.15, -0.1) is 0 Å². The molecule has 6 aromatic rings. The van der Waals surface area contributed by atoms with Crippen LogP contribution in [0.15, 0.2) is 139 Å².